The molecule has 1 aliphatic heterocycles. The molecule has 0 spiro atoms. The van der Waals surface area contributed by atoms with E-state index in [0.717, 1.165) is 36.3 Å². The van der Waals surface area contributed by atoms with Gasteiger partial charge < -0.3 is 25.7 Å². The Kier molecular flexibility index (Phi) is 11.1. The molecule has 4 atom stereocenters. The van der Waals surface area contributed by atoms with E-state index in [0.29, 0.717) is 19.6 Å². The molecular weight excluding hydrogens is 504 g/mol. The fourth-order valence-corrected chi connectivity index (χ4v) is 5.28. The van der Waals surface area contributed by atoms with Gasteiger partial charge in [0.1, 0.15) is 12.1 Å². The monoisotopic (exact) mass is 546 g/mol. The van der Waals surface area contributed by atoms with Crippen molar-refractivity contribution in [3.05, 3.63) is 102 Å². The van der Waals surface area contributed by atoms with E-state index >= 15 is 0 Å². The fourth-order valence-electron chi connectivity index (χ4n) is 5.28. The van der Waals surface area contributed by atoms with Gasteiger partial charge in [-0.25, -0.2) is 0 Å². The van der Waals surface area contributed by atoms with E-state index in [4.69, 9.17) is 4.84 Å². The minimum absolute atomic E-state index is 0.204. The number of aliphatic hydroxyl groups is 2. The third kappa shape index (κ3) is 8.13. The Bertz CT molecular complexity index is 1180. The highest BCUT2D eigenvalue weighted by molar-refractivity contribution is 5.82. The molecule has 1 saturated heterocycles. The summed E-state index contributed by atoms with van der Waals surface area (Å²) >= 11 is 0. The summed E-state index contributed by atoms with van der Waals surface area (Å²) in [5, 5.41) is 28.7. The number of benzene rings is 3. The van der Waals surface area contributed by atoms with Gasteiger partial charge in [-0.05, 0) is 42.2 Å². The summed E-state index contributed by atoms with van der Waals surface area (Å²) < 4.78 is 0. The molecule has 0 saturated carbocycles. The van der Waals surface area contributed by atoms with Gasteiger partial charge in [0.25, 0.3) is 0 Å². The highest BCUT2D eigenvalue weighted by Crippen LogP contribution is 2.32. The van der Waals surface area contributed by atoms with Crippen molar-refractivity contribution in [3.8, 4) is 0 Å². The summed E-state index contributed by atoms with van der Waals surface area (Å²) in [5.41, 5.74) is 4.47. The lowest BCUT2D eigenvalue weighted by atomic mass is 9.89. The van der Waals surface area contributed by atoms with Crippen LogP contribution in [0.3, 0.4) is 0 Å². The number of anilines is 1. The van der Waals surface area contributed by atoms with Crippen LogP contribution in [0, 0.1) is 5.92 Å². The second-order valence-corrected chi connectivity index (χ2v) is 10.5. The molecule has 8 nitrogen and oxygen atoms in total. The number of nitrogens with zero attached hydrogens (tertiary/aromatic N) is 2. The SMILES string of the molecule is C[C@@H](O)[C@H]1[C@@H](CO)ON(Cc2cccc(CNCc3ccccc3)c2)[C@H]1C(=O)NCCCN(C)c1ccccc1. The highest BCUT2D eigenvalue weighted by atomic mass is 16.7. The zero-order valence-electron chi connectivity index (χ0n) is 23.4. The van der Waals surface area contributed by atoms with E-state index < -0.39 is 24.2 Å². The van der Waals surface area contributed by atoms with Crippen molar-refractivity contribution < 1.29 is 19.8 Å². The maximum Gasteiger partial charge on any atom is 0.240 e. The average Bonchev–Trinajstić information content (AvgIpc) is 3.35. The third-order valence-corrected chi connectivity index (χ3v) is 7.38. The molecule has 1 amide bonds. The Morgan fingerprint density at radius 3 is 2.33 bits per heavy atom. The topological polar surface area (TPSA) is 97.3 Å². The molecule has 8 heteroatoms. The molecule has 4 N–H and O–H groups in total. The molecule has 0 unspecified atom stereocenters. The van der Waals surface area contributed by atoms with Crippen LogP contribution >= 0.6 is 0 Å². The second-order valence-electron chi connectivity index (χ2n) is 10.5. The molecule has 0 aromatic heterocycles. The minimum atomic E-state index is -0.823. The van der Waals surface area contributed by atoms with E-state index in [1.807, 2.05) is 55.6 Å². The second kappa shape index (κ2) is 14.9. The van der Waals surface area contributed by atoms with Crippen molar-refractivity contribution in [2.24, 2.45) is 5.92 Å². The Balaban J connectivity index is 1.36. The Labute approximate surface area is 237 Å². The molecular formula is C32H42N4O4. The molecule has 40 heavy (non-hydrogen) atoms. The number of rotatable bonds is 14. The quantitative estimate of drug-likeness (QED) is 0.231. The maximum atomic E-state index is 13.4. The van der Waals surface area contributed by atoms with Gasteiger partial charge in [0.2, 0.25) is 5.91 Å². The number of aliphatic hydroxyl groups excluding tert-OH is 2. The first-order valence-corrected chi connectivity index (χ1v) is 14.0. The molecule has 1 heterocycles. The van der Waals surface area contributed by atoms with Crippen LogP contribution in [0.25, 0.3) is 0 Å². The highest BCUT2D eigenvalue weighted by Gasteiger charge is 2.49. The molecule has 1 aliphatic rings. The summed E-state index contributed by atoms with van der Waals surface area (Å²) in [6.45, 7) is 4.51. The van der Waals surface area contributed by atoms with Gasteiger partial charge in [-0.15, -0.1) is 0 Å². The standard InChI is InChI=1S/C32H42N4O4/c1-24(38)30-29(23-37)40-36(31(30)32(39)34-17-10-18-35(2)28-15-7-4-8-16-28)22-27-14-9-13-26(19-27)21-33-20-25-11-5-3-6-12-25/h3-9,11-16,19,24,29-31,33,37-38H,10,17-18,20-23H2,1-2H3,(H,34,39)/t24-,29-,30+,31-/m1/s1. The van der Waals surface area contributed by atoms with Gasteiger partial charge in [0, 0.05) is 44.8 Å². The fraction of sp³-hybridized carbons (Fsp3) is 0.406. The zero-order chi connectivity index (χ0) is 28.3. The summed E-state index contributed by atoms with van der Waals surface area (Å²) in [6, 6.07) is 27.8. The van der Waals surface area contributed by atoms with Crippen LogP contribution in [0.15, 0.2) is 84.9 Å². The third-order valence-electron chi connectivity index (χ3n) is 7.38. The lowest BCUT2D eigenvalue weighted by molar-refractivity contribution is -0.181. The van der Waals surface area contributed by atoms with Crippen LogP contribution in [0.2, 0.25) is 0 Å². The van der Waals surface area contributed by atoms with Gasteiger partial charge in [-0.3, -0.25) is 9.63 Å². The summed E-state index contributed by atoms with van der Waals surface area (Å²) in [5.74, 6) is -0.752. The molecule has 214 valence electrons. The summed E-state index contributed by atoms with van der Waals surface area (Å²) in [6.07, 6.45) is -0.711. The number of hydrogen-bond donors (Lipinski definition) is 4. The van der Waals surface area contributed by atoms with Crippen LogP contribution in [0.5, 0.6) is 0 Å². The summed E-state index contributed by atoms with van der Waals surface area (Å²) in [4.78, 5) is 21.6. The van der Waals surface area contributed by atoms with Crippen molar-refractivity contribution >= 4 is 11.6 Å². The average molecular weight is 547 g/mol. The first-order chi connectivity index (χ1) is 19.5. The van der Waals surface area contributed by atoms with E-state index in [2.05, 4.69) is 51.9 Å². The largest absolute Gasteiger partial charge is 0.394 e. The maximum absolute atomic E-state index is 13.4. The lowest BCUT2D eigenvalue weighted by Gasteiger charge is -2.27. The van der Waals surface area contributed by atoms with Crippen LogP contribution in [-0.4, -0.2) is 66.2 Å². The zero-order valence-corrected chi connectivity index (χ0v) is 23.4. The predicted octanol–water partition coefficient (Wildman–Crippen LogP) is 3.09. The van der Waals surface area contributed by atoms with Crippen LogP contribution in [0.1, 0.15) is 30.0 Å². The number of carbonyl (C=O) groups is 1. The number of para-hydroxylation sites is 1. The molecule has 3 aromatic rings. The van der Waals surface area contributed by atoms with Crippen molar-refractivity contribution in [3.63, 3.8) is 0 Å². The summed E-state index contributed by atoms with van der Waals surface area (Å²) in [7, 11) is 2.03. The van der Waals surface area contributed by atoms with Crippen molar-refractivity contribution in [1.82, 2.24) is 15.7 Å². The van der Waals surface area contributed by atoms with Gasteiger partial charge in [-0.2, -0.15) is 5.06 Å². The van der Waals surface area contributed by atoms with E-state index in [1.54, 1.807) is 12.0 Å². The van der Waals surface area contributed by atoms with Gasteiger partial charge in [-0.1, -0.05) is 72.8 Å². The van der Waals surface area contributed by atoms with Crippen molar-refractivity contribution in [2.45, 2.75) is 51.2 Å². The van der Waals surface area contributed by atoms with E-state index in [9.17, 15) is 15.0 Å². The first kappa shape index (κ1) is 29.7. The molecule has 3 aromatic carbocycles. The van der Waals surface area contributed by atoms with Gasteiger partial charge in [0.15, 0.2) is 0 Å². The predicted molar refractivity (Wildman–Crippen MR) is 157 cm³/mol. The Morgan fingerprint density at radius 1 is 0.975 bits per heavy atom. The van der Waals surface area contributed by atoms with Crippen LogP contribution in [0.4, 0.5) is 5.69 Å². The minimum Gasteiger partial charge on any atom is -0.394 e. The van der Waals surface area contributed by atoms with Gasteiger partial charge in [0.05, 0.1) is 19.3 Å². The molecule has 0 aliphatic carbocycles. The number of carbonyl (C=O) groups excluding carboxylic acids is 1. The number of hydrogen-bond acceptors (Lipinski definition) is 7. The molecule has 1 fully saturated rings. The normalized spacial score (nSPS) is 19.9. The lowest BCUT2D eigenvalue weighted by Crippen LogP contribution is -2.49. The van der Waals surface area contributed by atoms with Gasteiger partial charge >= 0.3 is 0 Å². The first-order valence-electron chi connectivity index (χ1n) is 14.0. The molecule has 0 bridgehead atoms. The number of hydroxylamine groups is 2. The van der Waals surface area contributed by atoms with E-state index in [-0.39, 0.29) is 12.5 Å². The van der Waals surface area contributed by atoms with E-state index in [1.165, 1.54) is 5.56 Å². The van der Waals surface area contributed by atoms with Crippen molar-refractivity contribution in [1.29, 1.82) is 0 Å². The molecule has 0 radical (unpaired) electrons. The number of nitrogens with one attached hydrogen (secondary N) is 2. The van der Waals surface area contributed by atoms with Crippen molar-refractivity contribution in [2.75, 3.05) is 31.6 Å². The molecule has 4 rings (SSSR count). The Morgan fingerprint density at radius 2 is 1.62 bits per heavy atom. The Hall–Kier alpha value is -3.27. The smallest absolute Gasteiger partial charge is 0.240 e. The van der Waals surface area contributed by atoms with Crippen LogP contribution < -0.4 is 15.5 Å². The number of amides is 1. The van der Waals surface area contributed by atoms with Crippen LogP contribution in [-0.2, 0) is 29.3 Å².